The summed E-state index contributed by atoms with van der Waals surface area (Å²) in [6.07, 6.45) is -2.06. The molecule has 0 aliphatic rings. The number of aliphatic carboxylic acids is 1. The molecule has 0 spiro atoms. The van der Waals surface area contributed by atoms with Gasteiger partial charge in [0.1, 0.15) is 0 Å². The lowest BCUT2D eigenvalue weighted by molar-refractivity contribution is -0.386. The summed E-state index contributed by atoms with van der Waals surface area (Å²) in [4.78, 5) is 20.3. The highest BCUT2D eigenvalue weighted by molar-refractivity contribution is 6.30. The number of hydrogen-bond donors (Lipinski definition) is 2. The van der Waals surface area contributed by atoms with Crippen molar-refractivity contribution in [3.05, 3.63) is 38.9 Å². The normalized spacial score (nSPS) is 12.1. The highest BCUT2D eigenvalue weighted by Gasteiger charge is 2.22. The molecule has 0 unspecified atom stereocenters. The largest absolute Gasteiger partial charge is 0.481 e. The molecule has 86 valence electrons. The molecule has 0 amide bonds. The van der Waals surface area contributed by atoms with Crippen LogP contribution < -0.4 is 0 Å². The average Bonchev–Trinajstić information content (AvgIpc) is 2.15. The minimum Gasteiger partial charge on any atom is -0.481 e. The molecule has 0 fully saturated rings. The van der Waals surface area contributed by atoms with Gasteiger partial charge in [0.15, 0.2) is 0 Å². The van der Waals surface area contributed by atoms with Crippen LogP contribution in [0.1, 0.15) is 18.1 Å². The van der Waals surface area contributed by atoms with Crippen LogP contribution in [0.15, 0.2) is 18.2 Å². The van der Waals surface area contributed by atoms with E-state index in [9.17, 15) is 20.0 Å². The third kappa shape index (κ3) is 2.91. The smallest absolute Gasteiger partial charge is 0.306 e. The van der Waals surface area contributed by atoms with Gasteiger partial charge in [-0.25, -0.2) is 0 Å². The molecule has 0 aliphatic heterocycles. The number of rotatable bonds is 4. The summed E-state index contributed by atoms with van der Waals surface area (Å²) < 4.78 is 0. The lowest BCUT2D eigenvalue weighted by Crippen LogP contribution is -2.07. The molecule has 7 heteroatoms. The van der Waals surface area contributed by atoms with Gasteiger partial charge in [0.25, 0.3) is 5.69 Å². The third-order valence-electron chi connectivity index (χ3n) is 1.91. The van der Waals surface area contributed by atoms with Gasteiger partial charge >= 0.3 is 5.97 Å². The Morgan fingerprint density at radius 2 is 2.19 bits per heavy atom. The van der Waals surface area contributed by atoms with Crippen LogP contribution in [0, 0.1) is 10.1 Å². The van der Waals surface area contributed by atoms with Crippen molar-refractivity contribution in [1.29, 1.82) is 0 Å². The van der Waals surface area contributed by atoms with Gasteiger partial charge in [-0.2, -0.15) is 0 Å². The standard InChI is InChI=1S/C9H8ClNO5/c10-5-1-2-7(11(15)16)6(3-5)8(12)4-9(13)14/h1-3,8,12H,4H2,(H,13,14)/t8-/m0/s1. The van der Waals surface area contributed by atoms with E-state index in [1.54, 1.807) is 0 Å². The predicted molar refractivity (Wildman–Crippen MR) is 55.3 cm³/mol. The van der Waals surface area contributed by atoms with E-state index < -0.39 is 23.4 Å². The first-order valence-electron chi connectivity index (χ1n) is 4.25. The van der Waals surface area contributed by atoms with E-state index in [4.69, 9.17) is 16.7 Å². The summed E-state index contributed by atoms with van der Waals surface area (Å²) in [7, 11) is 0. The van der Waals surface area contributed by atoms with Crippen LogP contribution in [0.3, 0.4) is 0 Å². The van der Waals surface area contributed by atoms with Gasteiger partial charge in [-0.05, 0) is 12.1 Å². The molecule has 0 bridgehead atoms. The number of aliphatic hydroxyl groups is 1. The molecule has 6 nitrogen and oxygen atoms in total. The molecule has 0 radical (unpaired) electrons. The van der Waals surface area contributed by atoms with Crippen molar-refractivity contribution in [2.45, 2.75) is 12.5 Å². The van der Waals surface area contributed by atoms with E-state index in [2.05, 4.69) is 0 Å². The number of nitro benzene ring substituents is 1. The molecule has 1 atom stereocenters. The van der Waals surface area contributed by atoms with Crippen LogP contribution in [0.2, 0.25) is 5.02 Å². The Balaban J connectivity index is 3.13. The summed E-state index contributed by atoms with van der Waals surface area (Å²) >= 11 is 5.62. The van der Waals surface area contributed by atoms with Gasteiger partial charge in [-0.3, -0.25) is 14.9 Å². The van der Waals surface area contributed by atoms with E-state index in [0.717, 1.165) is 6.07 Å². The van der Waals surface area contributed by atoms with E-state index in [1.807, 2.05) is 0 Å². The van der Waals surface area contributed by atoms with Crippen molar-refractivity contribution in [3.8, 4) is 0 Å². The second-order valence-electron chi connectivity index (χ2n) is 3.07. The van der Waals surface area contributed by atoms with Crippen LogP contribution in [-0.4, -0.2) is 21.1 Å². The summed E-state index contributed by atoms with van der Waals surface area (Å²) in [5.74, 6) is -1.25. The predicted octanol–water partition coefficient (Wildman–Crippen LogP) is 1.76. The van der Waals surface area contributed by atoms with Crippen molar-refractivity contribution >= 4 is 23.3 Å². The number of benzene rings is 1. The van der Waals surface area contributed by atoms with Gasteiger partial charge in [0.2, 0.25) is 0 Å². The minimum absolute atomic E-state index is 0.0973. The van der Waals surface area contributed by atoms with Crippen LogP contribution in [0.5, 0.6) is 0 Å². The summed E-state index contributed by atoms with van der Waals surface area (Å²) in [5.41, 5.74) is -0.446. The molecule has 16 heavy (non-hydrogen) atoms. The molecule has 0 aliphatic carbocycles. The summed E-state index contributed by atoms with van der Waals surface area (Å²) in [6, 6.07) is 3.62. The number of halogens is 1. The fourth-order valence-corrected chi connectivity index (χ4v) is 1.41. The molecular weight excluding hydrogens is 238 g/mol. The Labute approximate surface area is 95.2 Å². The third-order valence-corrected chi connectivity index (χ3v) is 2.15. The molecule has 1 aromatic rings. The quantitative estimate of drug-likeness (QED) is 0.622. The molecule has 1 aromatic carbocycles. The summed E-state index contributed by atoms with van der Waals surface area (Å²) in [6.45, 7) is 0. The zero-order valence-electron chi connectivity index (χ0n) is 7.96. The van der Waals surface area contributed by atoms with E-state index in [-0.39, 0.29) is 16.3 Å². The number of carbonyl (C=O) groups is 1. The van der Waals surface area contributed by atoms with Crippen molar-refractivity contribution < 1.29 is 19.9 Å². The molecule has 1 rings (SSSR count). The van der Waals surface area contributed by atoms with Gasteiger partial charge in [0.05, 0.1) is 23.0 Å². The Morgan fingerprint density at radius 3 is 2.69 bits per heavy atom. The monoisotopic (exact) mass is 245 g/mol. The topological polar surface area (TPSA) is 101 Å². The van der Waals surface area contributed by atoms with Crippen LogP contribution in [-0.2, 0) is 4.79 Å². The highest BCUT2D eigenvalue weighted by atomic mass is 35.5. The molecule has 0 saturated heterocycles. The fraction of sp³-hybridized carbons (Fsp3) is 0.222. The van der Waals surface area contributed by atoms with E-state index in [0.29, 0.717) is 0 Å². The zero-order valence-corrected chi connectivity index (χ0v) is 8.72. The SMILES string of the molecule is O=C(O)C[C@H](O)c1cc(Cl)ccc1[N+](=O)[O-]. The van der Waals surface area contributed by atoms with Crippen molar-refractivity contribution in [3.63, 3.8) is 0 Å². The zero-order chi connectivity index (χ0) is 12.3. The first-order valence-corrected chi connectivity index (χ1v) is 4.63. The number of carboxylic acid groups (broad SMARTS) is 1. The number of carboxylic acids is 1. The van der Waals surface area contributed by atoms with E-state index in [1.165, 1.54) is 12.1 Å². The van der Waals surface area contributed by atoms with Crippen LogP contribution >= 0.6 is 11.6 Å². The number of aliphatic hydroxyl groups excluding tert-OH is 1. The lowest BCUT2D eigenvalue weighted by atomic mass is 10.0. The van der Waals surface area contributed by atoms with Gasteiger partial charge in [-0.1, -0.05) is 11.6 Å². The first-order chi connectivity index (χ1) is 7.41. The number of nitro groups is 1. The molecule has 0 heterocycles. The average molecular weight is 246 g/mol. The molecule has 0 saturated carbocycles. The van der Waals surface area contributed by atoms with E-state index >= 15 is 0 Å². The van der Waals surface area contributed by atoms with Gasteiger partial charge in [-0.15, -0.1) is 0 Å². The molecular formula is C9H8ClNO5. The Hall–Kier alpha value is -1.66. The minimum atomic E-state index is -1.45. The van der Waals surface area contributed by atoms with Crippen molar-refractivity contribution in [2.75, 3.05) is 0 Å². The van der Waals surface area contributed by atoms with Crippen molar-refractivity contribution in [2.24, 2.45) is 0 Å². The number of nitrogens with zero attached hydrogens (tertiary/aromatic N) is 1. The second kappa shape index (κ2) is 4.91. The first kappa shape index (κ1) is 12.4. The van der Waals surface area contributed by atoms with Crippen LogP contribution in [0.25, 0.3) is 0 Å². The Kier molecular flexibility index (Phi) is 3.81. The summed E-state index contributed by atoms with van der Waals surface area (Å²) in [5, 5.41) is 28.8. The van der Waals surface area contributed by atoms with Gasteiger partial charge < -0.3 is 10.2 Å². The highest BCUT2D eigenvalue weighted by Crippen LogP contribution is 2.29. The molecule has 2 N–H and O–H groups in total. The maximum Gasteiger partial charge on any atom is 0.306 e. The Morgan fingerprint density at radius 1 is 1.56 bits per heavy atom. The fourth-order valence-electron chi connectivity index (χ4n) is 1.23. The number of hydrogen-bond acceptors (Lipinski definition) is 4. The lowest BCUT2D eigenvalue weighted by Gasteiger charge is -2.08. The second-order valence-corrected chi connectivity index (χ2v) is 3.51. The maximum absolute atomic E-state index is 10.6. The molecule has 0 aromatic heterocycles. The maximum atomic E-state index is 10.6. The van der Waals surface area contributed by atoms with Gasteiger partial charge in [0, 0.05) is 11.1 Å². The van der Waals surface area contributed by atoms with Crippen LogP contribution in [0.4, 0.5) is 5.69 Å². The Bertz CT molecular complexity index is 434. The van der Waals surface area contributed by atoms with Crippen molar-refractivity contribution in [1.82, 2.24) is 0 Å².